The summed E-state index contributed by atoms with van der Waals surface area (Å²) in [4.78, 5) is 12.4. The Hall–Kier alpha value is -1.08. The fourth-order valence-corrected chi connectivity index (χ4v) is 2.73. The second-order valence-electron chi connectivity index (χ2n) is 4.32. The number of halogens is 2. The molecule has 0 bridgehead atoms. The van der Waals surface area contributed by atoms with Crippen LogP contribution in [-0.4, -0.2) is 11.0 Å². The van der Waals surface area contributed by atoms with Crippen molar-refractivity contribution in [2.45, 2.75) is 11.8 Å². The number of hydrogen-bond donors (Lipinski definition) is 2. The summed E-state index contributed by atoms with van der Waals surface area (Å²) in [5.74, 6) is -0.339. The van der Waals surface area contributed by atoms with Gasteiger partial charge in [0.1, 0.15) is 5.75 Å². The van der Waals surface area contributed by atoms with Crippen LogP contribution < -0.4 is 5.32 Å². The lowest BCUT2D eigenvalue weighted by molar-refractivity contribution is 0.102. The Bertz CT molecular complexity index is 644. The Kier molecular flexibility index (Phi) is 5.04. The van der Waals surface area contributed by atoms with Crippen LogP contribution in [0.2, 0.25) is 0 Å². The molecule has 0 aliphatic rings. The number of para-hydroxylation sites is 1. The molecule has 2 N–H and O–H groups in total. The molecule has 0 aliphatic carbocycles. The second-order valence-corrected chi connectivity index (χ2v) is 6.94. The number of benzene rings is 2. The lowest BCUT2D eigenvalue weighted by atomic mass is 10.1. The molecule has 0 aliphatic heterocycles. The SMILES string of the molecule is CC(Br)c1ccccc1NC(=O)c1cc(I)ccc1O. The van der Waals surface area contributed by atoms with Gasteiger partial charge in [-0.15, -0.1) is 0 Å². The quantitative estimate of drug-likeness (QED) is 0.531. The van der Waals surface area contributed by atoms with Gasteiger partial charge in [-0.05, 0) is 59.3 Å². The number of carbonyl (C=O) groups excluding carboxylic acids is 1. The van der Waals surface area contributed by atoms with E-state index < -0.39 is 0 Å². The van der Waals surface area contributed by atoms with Gasteiger partial charge < -0.3 is 10.4 Å². The van der Waals surface area contributed by atoms with Gasteiger partial charge in [-0.25, -0.2) is 0 Å². The van der Waals surface area contributed by atoms with Crippen molar-refractivity contribution >= 4 is 50.1 Å². The number of alkyl halides is 1. The predicted molar refractivity (Wildman–Crippen MR) is 92.6 cm³/mol. The fourth-order valence-electron chi connectivity index (χ4n) is 1.84. The summed E-state index contributed by atoms with van der Waals surface area (Å²) in [5, 5.41) is 12.6. The summed E-state index contributed by atoms with van der Waals surface area (Å²) in [6, 6.07) is 12.5. The smallest absolute Gasteiger partial charge is 0.259 e. The molecule has 1 atom stereocenters. The van der Waals surface area contributed by atoms with Crippen LogP contribution in [0.4, 0.5) is 5.69 Å². The number of amides is 1. The summed E-state index contributed by atoms with van der Waals surface area (Å²) >= 11 is 5.61. The number of phenols is 1. The molecule has 3 nitrogen and oxygen atoms in total. The van der Waals surface area contributed by atoms with Gasteiger partial charge in [-0.3, -0.25) is 4.79 Å². The zero-order chi connectivity index (χ0) is 14.7. The van der Waals surface area contributed by atoms with E-state index >= 15 is 0 Å². The van der Waals surface area contributed by atoms with Gasteiger partial charge in [-0.2, -0.15) is 0 Å². The highest BCUT2D eigenvalue weighted by molar-refractivity contribution is 14.1. The first kappa shape index (κ1) is 15.3. The molecule has 2 rings (SSSR count). The maximum Gasteiger partial charge on any atom is 0.259 e. The van der Waals surface area contributed by atoms with Crippen molar-refractivity contribution in [3.8, 4) is 5.75 Å². The van der Waals surface area contributed by atoms with E-state index in [1.165, 1.54) is 6.07 Å². The van der Waals surface area contributed by atoms with Gasteiger partial charge in [0.25, 0.3) is 5.91 Å². The third-order valence-corrected chi connectivity index (χ3v) is 4.01. The molecule has 0 heterocycles. The number of anilines is 1. The Morgan fingerprint density at radius 2 is 2.00 bits per heavy atom. The predicted octanol–water partition coefficient (Wildman–Crippen LogP) is 4.71. The third kappa shape index (κ3) is 3.52. The van der Waals surface area contributed by atoms with Crippen LogP contribution in [0.1, 0.15) is 27.7 Å². The maximum absolute atomic E-state index is 12.3. The maximum atomic E-state index is 12.3. The summed E-state index contributed by atoms with van der Waals surface area (Å²) in [6.07, 6.45) is 0. The first-order chi connectivity index (χ1) is 9.49. The number of rotatable bonds is 3. The topological polar surface area (TPSA) is 49.3 Å². The zero-order valence-electron chi connectivity index (χ0n) is 10.7. The Balaban J connectivity index is 2.31. The average Bonchev–Trinajstić information content (AvgIpc) is 2.41. The van der Waals surface area contributed by atoms with Crippen LogP contribution >= 0.6 is 38.5 Å². The van der Waals surface area contributed by atoms with Gasteiger partial charge >= 0.3 is 0 Å². The summed E-state index contributed by atoms with van der Waals surface area (Å²) in [5.41, 5.74) is 2.00. The summed E-state index contributed by atoms with van der Waals surface area (Å²) in [6.45, 7) is 1.99. The monoisotopic (exact) mass is 445 g/mol. The molecule has 1 unspecified atom stereocenters. The number of hydrogen-bond acceptors (Lipinski definition) is 2. The molecule has 2 aromatic carbocycles. The minimum atomic E-state index is -0.318. The molecule has 104 valence electrons. The van der Waals surface area contributed by atoms with E-state index in [0.717, 1.165) is 14.8 Å². The van der Waals surface area contributed by atoms with Crippen molar-refractivity contribution in [3.05, 3.63) is 57.2 Å². The van der Waals surface area contributed by atoms with Gasteiger partial charge in [-0.1, -0.05) is 34.1 Å². The van der Waals surface area contributed by atoms with Crippen LogP contribution in [0.25, 0.3) is 0 Å². The van der Waals surface area contributed by atoms with Gasteiger partial charge in [0, 0.05) is 14.1 Å². The minimum absolute atomic E-state index is 0.0210. The molecule has 2 aromatic rings. The second kappa shape index (κ2) is 6.58. The molecule has 1 amide bonds. The van der Waals surface area contributed by atoms with Crippen LogP contribution in [0.15, 0.2) is 42.5 Å². The average molecular weight is 446 g/mol. The molecule has 0 spiro atoms. The Morgan fingerprint density at radius 3 is 2.70 bits per heavy atom. The number of nitrogens with one attached hydrogen (secondary N) is 1. The fraction of sp³-hybridized carbons (Fsp3) is 0.133. The largest absolute Gasteiger partial charge is 0.507 e. The summed E-state index contributed by atoms with van der Waals surface area (Å²) in [7, 11) is 0. The highest BCUT2D eigenvalue weighted by Crippen LogP contribution is 2.29. The van der Waals surface area contributed by atoms with Crippen molar-refractivity contribution in [2.24, 2.45) is 0 Å². The molecule has 0 radical (unpaired) electrons. The number of aromatic hydroxyl groups is 1. The first-order valence-corrected chi connectivity index (χ1v) is 8.01. The normalized spacial score (nSPS) is 11.9. The van der Waals surface area contributed by atoms with Gasteiger partial charge in [0.15, 0.2) is 0 Å². The highest BCUT2D eigenvalue weighted by Gasteiger charge is 2.14. The van der Waals surface area contributed by atoms with Crippen LogP contribution in [-0.2, 0) is 0 Å². The van der Waals surface area contributed by atoms with Crippen molar-refractivity contribution in [1.29, 1.82) is 0 Å². The van der Waals surface area contributed by atoms with E-state index in [-0.39, 0.29) is 22.0 Å². The van der Waals surface area contributed by atoms with Crippen molar-refractivity contribution < 1.29 is 9.90 Å². The molecule has 5 heteroatoms. The number of carbonyl (C=O) groups is 1. The van der Waals surface area contributed by atoms with E-state index in [2.05, 4.69) is 43.8 Å². The number of phenolic OH excluding ortho intramolecular Hbond substituents is 1. The zero-order valence-corrected chi connectivity index (χ0v) is 14.5. The molecule has 0 fully saturated rings. The standard InChI is InChI=1S/C15H13BrINO2/c1-9(16)11-4-2-3-5-13(11)18-15(20)12-8-10(17)6-7-14(12)19/h2-9,19H,1H3,(H,18,20). The van der Waals surface area contributed by atoms with E-state index in [1.54, 1.807) is 12.1 Å². The van der Waals surface area contributed by atoms with Gasteiger partial charge in [0.2, 0.25) is 0 Å². The Morgan fingerprint density at radius 1 is 1.30 bits per heavy atom. The third-order valence-electron chi connectivity index (χ3n) is 2.84. The lowest BCUT2D eigenvalue weighted by Crippen LogP contribution is -2.13. The van der Waals surface area contributed by atoms with Gasteiger partial charge in [0.05, 0.1) is 5.56 Å². The first-order valence-electron chi connectivity index (χ1n) is 6.02. The highest BCUT2D eigenvalue weighted by atomic mass is 127. The van der Waals surface area contributed by atoms with E-state index in [1.807, 2.05) is 31.2 Å². The molecule has 0 saturated heterocycles. The van der Waals surface area contributed by atoms with Crippen molar-refractivity contribution in [3.63, 3.8) is 0 Å². The minimum Gasteiger partial charge on any atom is -0.507 e. The van der Waals surface area contributed by atoms with Crippen LogP contribution in [0.5, 0.6) is 5.75 Å². The molecule has 0 saturated carbocycles. The summed E-state index contributed by atoms with van der Waals surface area (Å²) < 4.78 is 0.896. The Labute approximate surface area is 139 Å². The molecular formula is C15H13BrINO2. The molecule has 0 aromatic heterocycles. The van der Waals surface area contributed by atoms with E-state index in [9.17, 15) is 9.90 Å². The van der Waals surface area contributed by atoms with Crippen LogP contribution in [0.3, 0.4) is 0 Å². The van der Waals surface area contributed by atoms with Crippen LogP contribution in [0, 0.1) is 3.57 Å². The van der Waals surface area contributed by atoms with Crippen molar-refractivity contribution in [1.82, 2.24) is 0 Å². The molecule has 20 heavy (non-hydrogen) atoms. The van der Waals surface area contributed by atoms with E-state index in [0.29, 0.717) is 0 Å². The van der Waals surface area contributed by atoms with E-state index in [4.69, 9.17) is 0 Å². The van der Waals surface area contributed by atoms with Crippen molar-refractivity contribution in [2.75, 3.05) is 5.32 Å². The lowest BCUT2D eigenvalue weighted by Gasteiger charge is -2.13. The molecular weight excluding hydrogens is 433 g/mol.